The number of likely N-dealkylation sites (tertiary alicyclic amines) is 1. The first-order valence-electron chi connectivity index (χ1n) is 11.3. The van der Waals surface area contributed by atoms with Crippen molar-refractivity contribution in [3.05, 3.63) is 29.7 Å². The first-order valence-corrected chi connectivity index (χ1v) is 11.3. The fourth-order valence-corrected chi connectivity index (χ4v) is 4.36. The topological polar surface area (TPSA) is 101 Å². The normalized spacial score (nSPS) is 18.0. The van der Waals surface area contributed by atoms with E-state index in [0.717, 1.165) is 48.5 Å². The number of rotatable bonds is 3. The van der Waals surface area contributed by atoms with E-state index in [4.69, 9.17) is 4.74 Å². The molecule has 176 valence electrons. The number of ether oxygens (including phenoxy) is 1. The van der Waals surface area contributed by atoms with E-state index in [1.54, 1.807) is 31.1 Å². The Kier molecular flexibility index (Phi) is 6.73. The standard InChI is InChI=1S/C16H19N7O.C7H13NO/c1-22-5-4-12-10(9-22)6-13(15(19-12)24-3)20-16-17-7-11-8-18-23(2)14(11)21-16;1-6-4-3-5-8(6)7(2)9/h6-8H,4-5,9H2,1-3H3,(H,17,20,21);6H,3-5H2,1-2H3/t;6-/m.0/s1. The molecule has 0 saturated carbocycles. The highest BCUT2D eigenvalue weighted by Crippen LogP contribution is 2.30. The Hall–Kier alpha value is -3.27. The zero-order valence-corrected chi connectivity index (χ0v) is 20.0. The van der Waals surface area contributed by atoms with Crippen molar-refractivity contribution >= 4 is 28.6 Å². The van der Waals surface area contributed by atoms with Crippen LogP contribution in [0.25, 0.3) is 11.0 Å². The molecule has 3 aromatic rings. The summed E-state index contributed by atoms with van der Waals surface area (Å²) in [5.41, 5.74) is 3.84. The summed E-state index contributed by atoms with van der Waals surface area (Å²) in [6.45, 7) is 6.60. The van der Waals surface area contributed by atoms with Crippen LogP contribution < -0.4 is 10.1 Å². The highest BCUT2D eigenvalue weighted by atomic mass is 16.5. The molecule has 0 spiro atoms. The van der Waals surface area contributed by atoms with Gasteiger partial charge in [-0.15, -0.1) is 0 Å². The number of fused-ring (bicyclic) bond motifs is 2. The summed E-state index contributed by atoms with van der Waals surface area (Å²) < 4.78 is 7.17. The lowest BCUT2D eigenvalue weighted by Gasteiger charge is -2.25. The SMILES string of the molecule is CC(=O)N1CCC[C@@H]1C.COc1nc2c(cc1Nc1ncc3cnn(C)c3n1)CN(C)CC2. The molecule has 0 radical (unpaired) electrons. The third-order valence-electron chi connectivity index (χ3n) is 6.20. The summed E-state index contributed by atoms with van der Waals surface area (Å²) in [7, 11) is 5.59. The summed E-state index contributed by atoms with van der Waals surface area (Å²) in [4.78, 5) is 28.5. The van der Waals surface area contributed by atoms with Crippen molar-refractivity contribution in [3.8, 4) is 5.88 Å². The summed E-state index contributed by atoms with van der Waals surface area (Å²) in [5, 5.41) is 8.32. The number of aromatic nitrogens is 5. The van der Waals surface area contributed by atoms with Crippen molar-refractivity contribution in [2.45, 2.75) is 45.7 Å². The molecule has 0 bridgehead atoms. The highest BCUT2D eigenvalue weighted by molar-refractivity contribution is 5.75. The number of nitrogens with zero attached hydrogens (tertiary/aromatic N) is 7. The van der Waals surface area contributed by atoms with Gasteiger partial charge in [-0.3, -0.25) is 9.48 Å². The molecule has 0 aliphatic carbocycles. The maximum atomic E-state index is 10.8. The minimum Gasteiger partial charge on any atom is -0.480 e. The highest BCUT2D eigenvalue weighted by Gasteiger charge is 2.21. The van der Waals surface area contributed by atoms with Crippen molar-refractivity contribution in [2.75, 3.05) is 32.6 Å². The third-order valence-corrected chi connectivity index (χ3v) is 6.20. The number of nitrogens with one attached hydrogen (secondary N) is 1. The molecule has 1 fully saturated rings. The number of carbonyl (C=O) groups is 1. The fourth-order valence-electron chi connectivity index (χ4n) is 4.36. The molecule has 33 heavy (non-hydrogen) atoms. The second kappa shape index (κ2) is 9.70. The van der Waals surface area contributed by atoms with Crippen LogP contribution in [0.4, 0.5) is 11.6 Å². The van der Waals surface area contributed by atoms with Crippen LogP contribution in [0.2, 0.25) is 0 Å². The summed E-state index contributed by atoms with van der Waals surface area (Å²) >= 11 is 0. The van der Waals surface area contributed by atoms with Gasteiger partial charge in [-0.1, -0.05) is 0 Å². The molecule has 0 aromatic carbocycles. The van der Waals surface area contributed by atoms with Crippen LogP contribution in [0.3, 0.4) is 0 Å². The van der Waals surface area contributed by atoms with Gasteiger partial charge in [-0.05, 0) is 38.4 Å². The monoisotopic (exact) mass is 452 g/mol. The Morgan fingerprint density at radius 3 is 2.70 bits per heavy atom. The average Bonchev–Trinajstić information content (AvgIpc) is 3.39. The van der Waals surface area contributed by atoms with Crippen LogP contribution in [0, 0.1) is 0 Å². The van der Waals surface area contributed by atoms with Gasteiger partial charge in [0.1, 0.15) is 5.69 Å². The smallest absolute Gasteiger partial charge is 0.237 e. The number of anilines is 2. The molecule has 10 nitrogen and oxygen atoms in total. The lowest BCUT2D eigenvalue weighted by molar-refractivity contribution is -0.129. The molecule has 10 heteroatoms. The quantitative estimate of drug-likeness (QED) is 0.647. The molecule has 2 aliphatic heterocycles. The minimum atomic E-state index is 0.222. The van der Waals surface area contributed by atoms with Gasteiger partial charge < -0.3 is 19.9 Å². The largest absolute Gasteiger partial charge is 0.480 e. The Morgan fingerprint density at radius 2 is 2.03 bits per heavy atom. The van der Waals surface area contributed by atoms with Gasteiger partial charge in [0.25, 0.3) is 0 Å². The molecule has 2 aliphatic rings. The number of likely N-dealkylation sites (N-methyl/N-ethyl adjacent to an activating group) is 1. The van der Waals surface area contributed by atoms with Crippen LogP contribution in [0.5, 0.6) is 5.88 Å². The van der Waals surface area contributed by atoms with E-state index >= 15 is 0 Å². The molecular formula is C23H32N8O2. The Balaban J connectivity index is 0.000000243. The van der Waals surface area contributed by atoms with Crippen molar-refractivity contribution in [1.82, 2.24) is 34.5 Å². The minimum absolute atomic E-state index is 0.222. The van der Waals surface area contributed by atoms with Gasteiger partial charge in [-0.2, -0.15) is 10.1 Å². The zero-order valence-electron chi connectivity index (χ0n) is 20.0. The number of hydrogen-bond donors (Lipinski definition) is 1. The van der Waals surface area contributed by atoms with Gasteiger partial charge in [0, 0.05) is 52.3 Å². The summed E-state index contributed by atoms with van der Waals surface area (Å²) in [6, 6.07) is 2.57. The van der Waals surface area contributed by atoms with Crippen LogP contribution in [0.15, 0.2) is 18.5 Å². The lowest BCUT2D eigenvalue weighted by Crippen LogP contribution is -2.31. The van der Waals surface area contributed by atoms with E-state index in [-0.39, 0.29) is 5.91 Å². The summed E-state index contributed by atoms with van der Waals surface area (Å²) in [5.74, 6) is 1.28. The van der Waals surface area contributed by atoms with Crippen LogP contribution in [-0.2, 0) is 24.8 Å². The molecule has 1 N–H and O–H groups in total. The van der Waals surface area contributed by atoms with E-state index in [1.807, 2.05) is 11.9 Å². The Morgan fingerprint density at radius 1 is 1.21 bits per heavy atom. The summed E-state index contributed by atoms with van der Waals surface area (Å²) in [6.07, 6.45) is 6.79. The first kappa shape index (κ1) is 22.9. The number of hydrogen-bond acceptors (Lipinski definition) is 8. The Bertz CT molecular complexity index is 1140. The second-order valence-corrected chi connectivity index (χ2v) is 8.71. The van der Waals surface area contributed by atoms with E-state index < -0.39 is 0 Å². The molecule has 3 aromatic heterocycles. The molecule has 0 unspecified atom stereocenters. The molecule has 1 saturated heterocycles. The van der Waals surface area contributed by atoms with Gasteiger partial charge in [0.15, 0.2) is 5.65 Å². The van der Waals surface area contributed by atoms with E-state index in [9.17, 15) is 4.79 Å². The third kappa shape index (κ3) is 5.05. The van der Waals surface area contributed by atoms with Gasteiger partial charge in [0.05, 0.1) is 24.4 Å². The molecule has 5 heterocycles. The lowest BCUT2D eigenvalue weighted by atomic mass is 10.1. The van der Waals surface area contributed by atoms with Crippen molar-refractivity contribution < 1.29 is 9.53 Å². The molecular weight excluding hydrogens is 420 g/mol. The van der Waals surface area contributed by atoms with Crippen LogP contribution in [-0.4, -0.2) is 73.7 Å². The fraction of sp³-hybridized carbons (Fsp3) is 0.522. The molecule has 1 atom stereocenters. The van der Waals surface area contributed by atoms with Crippen LogP contribution >= 0.6 is 0 Å². The number of carbonyl (C=O) groups excluding carboxylic acids is 1. The van der Waals surface area contributed by atoms with Crippen molar-refractivity contribution in [2.24, 2.45) is 7.05 Å². The van der Waals surface area contributed by atoms with E-state index in [1.165, 1.54) is 18.4 Å². The first-order chi connectivity index (χ1) is 15.9. The van der Waals surface area contributed by atoms with E-state index in [2.05, 4.69) is 50.3 Å². The van der Waals surface area contributed by atoms with E-state index in [0.29, 0.717) is 17.9 Å². The number of aryl methyl sites for hydroxylation is 1. The molecule has 1 amide bonds. The van der Waals surface area contributed by atoms with Crippen molar-refractivity contribution in [1.29, 1.82) is 0 Å². The van der Waals surface area contributed by atoms with Gasteiger partial charge in [-0.25, -0.2) is 9.97 Å². The van der Waals surface area contributed by atoms with Crippen molar-refractivity contribution in [3.63, 3.8) is 0 Å². The zero-order chi connectivity index (χ0) is 23.5. The number of amides is 1. The molecule has 5 rings (SSSR count). The Labute approximate surface area is 194 Å². The number of pyridine rings is 1. The van der Waals surface area contributed by atoms with Gasteiger partial charge in [0.2, 0.25) is 17.7 Å². The number of methoxy groups -OCH3 is 1. The average molecular weight is 453 g/mol. The van der Waals surface area contributed by atoms with Gasteiger partial charge >= 0.3 is 0 Å². The van der Waals surface area contributed by atoms with Crippen LogP contribution in [0.1, 0.15) is 37.9 Å². The maximum Gasteiger partial charge on any atom is 0.237 e. The predicted molar refractivity (Wildman–Crippen MR) is 126 cm³/mol. The maximum absolute atomic E-state index is 10.8. The predicted octanol–water partition coefficient (Wildman–Crippen LogP) is 2.52. The second-order valence-electron chi connectivity index (χ2n) is 8.71.